The van der Waals surface area contributed by atoms with Crippen molar-refractivity contribution in [2.75, 3.05) is 0 Å². The summed E-state index contributed by atoms with van der Waals surface area (Å²) in [6.45, 7) is 9.26. The summed E-state index contributed by atoms with van der Waals surface area (Å²) in [7, 11) is 0. The molecule has 2 rings (SSSR count). The van der Waals surface area contributed by atoms with Crippen molar-refractivity contribution in [1.29, 1.82) is 0 Å². The molecule has 0 bridgehead atoms. The van der Waals surface area contributed by atoms with Gasteiger partial charge in [-0.1, -0.05) is 32.1 Å². The molecule has 5 heteroatoms. The first kappa shape index (κ1) is 15.8. The molecule has 0 unspecified atom stereocenters. The molecule has 0 aromatic heterocycles. The van der Waals surface area contributed by atoms with E-state index in [0.717, 1.165) is 6.42 Å². The summed E-state index contributed by atoms with van der Waals surface area (Å²) < 4.78 is 5.27. The average molecular weight is 293 g/mol. The molecule has 0 saturated carbocycles. The van der Waals surface area contributed by atoms with Gasteiger partial charge in [-0.15, -0.1) is 6.58 Å². The van der Waals surface area contributed by atoms with Crippen LogP contribution < -0.4 is 5.32 Å². The molecule has 2 heterocycles. The monoisotopic (exact) mass is 293 g/mol. The average Bonchev–Trinajstić information content (AvgIpc) is 2.62. The van der Waals surface area contributed by atoms with Gasteiger partial charge in [0.05, 0.1) is 12.0 Å². The number of aliphatic hydroxyl groups is 1. The zero-order chi connectivity index (χ0) is 15.8. The third-order valence-electron chi connectivity index (χ3n) is 4.78. The van der Waals surface area contributed by atoms with E-state index in [0.29, 0.717) is 6.42 Å². The van der Waals surface area contributed by atoms with Crippen molar-refractivity contribution >= 4 is 11.9 Å². The number of nitrogens with one attached hydrogen (secondary N) is 1. The van der Waals surface area contributed by atoms with Gasteiger partial charge in [0.25, 0.3) is 0 Å². The van der Waals surface area contributed by atoms with E-state index in [1.54, 1.807) is 6.92 Å². The van der Waals surface area contributed by atoms with E-state index in [2.05, 4.69) is 11.9 Å². The van der Waals surface area contributed by atoms with Gasteiger partial charge in [-0.2, -0.15) is 0 Å². The maximum absolute atomic E-state index is 12.1. The molecule has 1 amide bonds. The minimum Gasteiger partial charge on any atom is -0.453 e. The van der Waals surface area contributed by atoms with Crippen LogP contribution in [0.15, 0.2) is 24.8 Å². The molecule has 0 spiro atoms. The lowest BCUT2D eigenvalue weighted by Gasteiger charge is -2.54. The summed E-state index contributed by atoms with van der Waals surface area (Å²) in [4.78, 5) is 24.2. The number of carbonyl (C=O) groups is 2. The van der Waals surface area contributed by atoms with Gasteiger partial charge < -0.3 is 15.2 Å². The Morgan fingerprint density at radius 2 is 2.14 bits per heavy atom. The van der Waals surface area contributed by atoms with E-state index >= 15 is 0 Å². The number of fused-ring (bicyclic) bond motifs is 1. The zero-order valence-electron chi connectivity index (χ0n) is 12.8. The number of amides is 1. The molecule has 21 heavy (non-hydrogen) atoms. The zero-order valence-corrected chi connectivity index (χ0v) is 12.8. The molecule has 2 saturated heterocycles. The van der Waals surface area contributed by atoms with Crippen LogP contribution in [0.1, 0.15) is 33.6 Å². The van der Waals surface area contributed by atoms with Crippen LogP contribution in [0.5, 0.6) is 0 Å². The molecule has 116 valence electrons. The highest BCUT2D eigenvalue weighted by molar-refractivity contribution is 6.02. The maximum atomic E-state index is 12.1. The fourth-order valence-electron chi connectivity index (χ4n) is 3.43. The van der Waals surface area contributed by atoms with Gasteiger partial charge in [0.2, 0.25) is 11.4 Å². The highest BCUT2D eigenvalue weighted by Crippen LogP contribution is 2.52. The number of allylic oxidation sites excluding steroid dienone is 1. The Morgan fingerprint density at radius 1 is 1.48 bits per heavy atom. The third-order valence-corrected chi connectivity index (χ3v) is 4.78. The Morgan fingerprint density at radius 3 is 2.62 bits per heavy atom. The molecule has 0 aromatic rings. The van der Waals surface area contributed by atoms with Crippen molar-refractivity contribution in [2.45, 2.75) is 50.9 Å². The predicted molar refractivity (Wildman–Crippen MR) is 78.3 cm³/mol. The molecule has 0 aromatic carbocycles. The fourth-order valence-corrected chi connectivity index (χ4v) is 3.43. The molecule has 2 aliphatic rings. The summed E-state index contributed by atoms with van der Waals surface area (Å²) >= 11 is 0. The van der Waals surface area contributed by atoms with Crippen LogP contribution in [0.2, 0.25) is 0 Å². The van der Waals surface area contributed by atoms with Gasteiger partial charge in [0, 0.05) is 5.92 Å². The standard InChI is InChI=1S/C16H23NO4/c1-5-8-9-10(6-2)12(18)16-14(20)21-15(16,4)11(7-3)13(19)17-16/h7-12,18H,3,5-6H2,1-2,4H3,(H,17,19)/b9-8-/t10-,11-,12-,15-,16-/m0/s1. The first-order valence-electron chi connectivity index (χ1n) is 7.41. The lowest BCUT2D eigenvalue weighted by molar-refractivity contribution is -0.235. The molecule has 5 nitrogen and oxygen atoms in total. The first-order valence-corrected chi connectivity index (χ1v) is 7.41. The van der Waals surface area contributed by atoms with E-state index < -0.39 is 29.1 Å². The first-order chi connectivity index (χ1) is 9.88. The van der Waals surface area contributed by atoms with Crippen LogP contribution in [0.3, 0.4) is 0 Å². The van der Waals surface area contributed by atoms with Crippen LogP contribution in [-0.4, -0.2) is 34.2 Å². The van der Waals surface area contributed by atoms with E-state index in [4.69, 9.17) is 4.74 Å². The van der Waals surface area contributed by atoms with E-state index in [9.17, 15) is 14.7 Å². The quantitative estimate of drug-likeness (QED) is 0.572. The molecular formula is C16H23NO4. The van der Waals surface area contributed by atoms with Gasteiger partial charge in [-0.05, 0) is 19.8 Å². The van der Waals surface area contributed by atoms with Crippen LogP contribution in [-0.2, 0) is 14.3 Å². The number of ether oxygens (including phenoxy) is 1. The van der Waals surface area contributed by atoms with Crippen LogP contribution >= 0.6 is 0 Å². The number of hydrogen-bond acceptors (Lipinski definition) is 4. The van der Waals surface area contributed by atoms with E-state index in [-0.39, 0.29) is 11.8 Å². The fraction of sp³-hybridized carbons (Fsp3) is 0.625. The van der Waals surface area contributed by atoms with Crippen LogP contribution in [0.25, 0.3) is 0 Å². The van der Waals surface area contributed by atoms with Crippen molar-refractivity contribution in [3.8, 4) is 0 Å². The second-order valence-corrected chi connectivity index (χ2v) is 5.86. The Kier molecular flexibility index (Phi) is 3.97. The van der Waals surface area contributed by atoms with Crippen molar-refractivity contribution in [1.82, 2.24) is 5.32 Å². The highest BCUT2D eigenvalue weighted by atomic mass is 16.6. The molecular weight excluding hydrogens is 270 g/mol. The summed E-state index contributed by atoms with van der Waals surface area (Å²) in [6.07, 6.45) is 5.82. The van der Waals surface area contributed by atoms with Crippen molar-refractivity contribution in [2.24, 2.45) is 11.8 Å². The van der Waals surface area contributed by atoms with Gasteiger partial charge >= 0.3 is 5.97 Å². The lowest BCUT2D eigenvalue weighted by Crippen LogP contribution is -2.79. The maximum Gasteiger partial charge on any atom is 0.339 e. The Bertz CT molecular complexity index is 501. The van der Waals surface area contributed by atoms with Crippen LogP contribution in [0.4, 0.5) is 0 Å². The molecule has 2 aliphatic heterocycles. The van der Waals surface area contributed by atoms with Gasteiger partial charge in [0.15, 0.2) is 5.60 Å². The second-order valence-electron chi connectivity index (χ2n) is 5.86. The lowest BCUT2D eigenvalue weighted by atomic mass is 9.65. The SMILES string of the molecule is C=C[C@H]1C(=O)N[C@@]2([C@@H](O)[C@H](/C=C\CC)CC)C(=O)O[C@@]12C. The summed E-state index contributed by atoms with van der Waals surface area (Å²) in [5, 5.41) is 13.5. The molecule has 0 aliphatic carbocycles. The minimum atomic E-state index is -1.37. The molecule has 5 atom stereocenters. The van der Waals surface area contributed by atoms with Gasteiger partial charge in [-0.25, -0.2) is 4.79 Å². The van der Waals surface area contributed by atoms with Gasteiger partial charge in [0.1, 0.15) is 0 Å². The smallest absolute Gasteiger partial charge is 0.339 e. The molecule has 2 fully saturated rings. The second kappa shape index (κ2) is 5.30. The number of rotatable bonds is 6. The largest absolute Gasteiger partial charge is 0.453 e. The molecule has 0 radical (unpaired) electrons. The van der Waals surface area contributed by atoms with E-state index in [1.165, 1.54) is 6.08 Å². The predicted octanol–water partition coefficient (Wildman–Crippen LogP) is 1.33. The summed E-state index contributed by atoms with van der Waals surface area (Å²) in [5.74, 6) is -1.76. The Hall–Kier alpha value is -1.62. The Balaban J connectivity index is 2.39. The van der Waals surface area contributed by atoms with Crippen molar-refractivity contribution in [3.05, 3.63) is 24.8 Å². The van der Waals surface area contributed by atoms with Crippen molar-refractivity contribution in [3.63, 3.8) is 0 Å². The van der Waals surface area contributed by atoms with Gasteiger partial charge in [-0.3, -0.25) is 4.79 Å². The number of esters is 1. The van der Waals surface area contributed by atoms with Crippen LogP contribution in [0, 0.1) is 11.8 Å². The number of hydrogen-bond donors (Lipinski definition) is 2. The van der Waals surface area contributed by atoms with E-state index in [1.807, 2.05) is 26.0 Å². The van der Waals surface area contributed by atoms with Crippen molar-refractivity contribution < 1.29 is 19.4 Å². The summed E-state index contributed by atoms with van der Waals surface area (Å²) in [6, 6.07) is 0. The number of carbonyl (C=O) groups excluding carboxylic acids is 2. The number of aliphatic hydroxyl groups excluding tert-OH is 1. The Labute approximate surface area is 125 Å². The molecule has 2 N–H and O–H groups in total. The minimum absolute atomic E-state index is 0.221. The third kappa shape index (κ3) is 1.87. The topological polar surface area (TPSA) is 75.6 Å². The summed E-state index contributed by atoms with van der Waals surface area (Å²) in [5.41, 5.74) is -2.45. The normalized spacial score (nSPS) is 37.4. The highest BCUT2D eigenvalue weighted by Gasteiger charge is 2.79.